The second-order valence-corrected chi connectivity index (χ2v) is 5.22. The van der Waals surface area contributed by atoms with E-state index in [0.29, 0.717) is 5.30 Å². The molecule has 3 nitrogen and oxygen atoms in total. The first-order valence-electron chi connectivity index (χ1n) is 3.56. The number of hydrogen-bond donors (Lipinski definition) is 2. The van der Waals surface area contributed by atoms with Gasteiger partial charge in [-0.05, 0) is 0 Å². The van der Waals surface area contributed by atoms with Gasteiger partial charge in [-0.1, -0.05) is 0 Å². The Bertz CT molecular complexity index is 287. The van der Waals surface area contributed by atoms with Crippen molar-refractivity contribution in [1.29, 1.82) is 0 Å². The monoisotopic (exact) mass is 210 g/mol. The molecule has 0 saturated carbocycles. The fourth-order valence-corrected chi connectivity index (χ4v) is 1.94. The third kappa shape index (κ3) is 3.13. The number of hydrogen-bond acceptors (Lipinski definition) is 3. The first kappa shape index (κ1) is 13.2. The molecule has 5 heteroatoms. The van der Waals surface area contributed by atoms with E-state index < -0.39 is 13.2 Å². The zero-order valence-corrected chi connectivity index (χ0v) is 7.69. The van der Waals surface area contributed by atoms with Gasteiger partial charge in [0.2, 0.25) is 0 Å². The predicted molar refractivity (Wildman–Crippen MR) is 56.7 cm³/mol. The van der Waals surface area contributed by atoms with Crippen LogP contribution >= 0.6 is 7.72 Å². The Morgan fingerprint density at radius 1 is 1.23 bits per heavy atom. The minimum atomic E-state index is -3.80. The second-order valence-electron chi connectivity index (χ2n) is 2.59. The molecule has 1 rings (SSSR count). The summed E-state index contributed by atoms with van der Waals surface area (Å²) < 4.78 is 0. The minimum absolute atomic E-state index is 0. The molecule has 0 atom stereocenters. The van der Waals surface area contributed by atoms with Crippen molar-refractivity contribution in [2.75, 3.05) is 0 Å². The van der Waals surface area contributed by atoms with Gasteiger partial charge in [0.1, 0.15) is 0 Å². The van der Waals surface area contributed by atoms with Crippen LogP contribution in [0.3, 0.4) is 0 Å². The average molecular weight is 210 g/mol. The zero-order valence-electron chi connectivity index (χ0n) is 6.69. The zero-order chi connectivity index (χ0) is 9.19. The van der Waals surface area contributed by atoms with Crippen molar-refractivity contribution in [2.24, 2.45) is 0 Å². The van der Waals surface area contributed by atoms with Gasteiger partial charge < -0.3 is 0 Å². The molecule has 0 aliphatic carbocycles. The first-order valence-corrected chi connectivity index (χ1v) is 5.46. The molecule has 1 aromatic carbocycles. The quantitative estimate of drug-likeness (QED) is 0.524. The van der Waals surface area contributed by atoms with E-state index in [4.69, 9.17) is 0 Å². The second kappa shape index (κ2) is 5.20. The maximum atomic E-state index is 10.8. The van der Waals surface area contributed by atoms with E-state index >= 15 is 0 Å². The first-order chi connectivity index (χ1) is 5.55. The number of rotatable bonds is 2. The van der Waals surface area contributed by atoms with Crippen LogP contribution in [0.5, 0.6) is 0 Å². The summed E-state index contributed by atoms with van der Waals surface area (Å²) in [6.07, 6.45) is 0. The Morgan fingerprint density at radius 2 is 1.69 bits per heavy atom. The van der Waals surface area contributed by atoms with Crippen molar-refractivity contribution >= 4 is 48.1 Å². The summed E-state index contributed by atoms with van der Waals surface area (Å²) >= 11 is 0. The summed E-state index contributed by atoms with van der Waals surface area (Å²) in [4.78, 5) is 29.6. The third-order valence-electron chi connectivity index (χ3n) is 1.67. The van der Waals surface area contributed by atoms with Gasteiger partial charge in [-0.3, -0.25) is 0 Å². The van der Waals surface area contributed by atoms with Crippen LogP contribution in [0.2, 0.25) is 0 Å². The van der Waals surface area contributed by atoms with Crippen LogP contribution in [0.4, 0.5) is 0 Å². The standard InChI is InChI=1S/C8H11O3P.Na.H/c1-7(9)12(10,11)8-5-3-2-4-6-8;;/h2-6,10-12H,1H3;;. The van der Waals surface area contributed by atoms with Gasteiger partial charge in [-0.2, -0.15) is 0 Å². The van der Waals surface area contributed by atoms with Crippen LogP contribution in [-0.4, -0.2) is 44.9 Å². The number of carbonyl (C=O) groups is 1. The summed E-state index contributed by atoms with van der Waals surface area (Å²) in [7, 11) is -3.80. The molecule has 0 heterocycles. The van der Waals surface area contributed by atoms with Gasteiger partial charge in [0.15, 0.2) is 0 Å². The van der Waals surface area contributed by atoms with Crippen molar-refractivity contribution in [1.82, 2.24) is 0 Å². The fourth-order valence-electron chi connectivity index (χ4n) is 0.874. The molecule has 0 aromatic heterocycles. The van der Waals surface area contributed by atoms with E-state index in [1.165, 1.54) is 6.92 Å². The molecule has 0 radical (unpaired) electrons. The molecule has 0 aliphatic heterocycles. The molecule has 68 valence electrons. The molecule has 0 aliphatic rings. The van der Waals surface area contributed by atoms with Gasteiger partial charge in [0.25, 0.3) is 0 Å². The van der Waals surface area contributed by atoms with Gasteiger partial charge in [0.05, 0.1) is 0 Å². The molecule has 0 fully saturated rings. The van der Waals surface area contributed by atoms with E-state index in [9.17, 15) is 14.6 Å². The van der Waals surface area contributed by atoms with Gasteiger partial charge >= 0.3 is 99.9 Å². The molecule has 0 spiro atoms. The Kier molecular flexibility index (Phi) is 5.30. The van der Waals surface area contributed by atoms with Crippen molar-refractivity contribution in [3.63, 3.8) is 0 Å². The van der Waals surface area contributed by atoms with Crippen LogP contribution in [-0.2, 0) is 4.79 Å². The summed E-state index contributed by atoms with van der Waals surface area (Å²) in [5.41, 5.74) is -0.547. The van der Waals surface area contributed by atoms with E-state index in [-0.39, 0.29) is 29.6 Å². The van der Waals surface area contributed by atoms with Gasteiger partial charge in [-0.25, -0.2) is 0 Å². The number of carbonyl (C=O) groups excluding carboxylic acids is 1. The fraction of sp³-hybridized carbons (Fsp3) is 0.125. The molecule has 0 saturated heterocycles. The Balaban J connectivity index is 0.00000144. The maximum absolute atomic E-state index is 10.8. The van der Waals surface area contributed by atoms with Crippen molar-refractivity contribution in [3.8, 4) is 0 Å². The van der Waals surface area contributed by atoms with Crippen molar-refractivity contribution in [2.45, 2.75) is 6.92 Å². The van der Waals surface area contributed by atoms with Crippen molar-refractivity contribution < 1.29 is 14.6 Å². The normalized spacial score (nSPS) is 11.6. The Morgan fingerprint density at radius 3 is 2.08 bits per heavy atom. The molecular formula is C8H12NaO3P. The Labute approximate surface area is 99.6 Å². The summed E-state index contributed by atoms with van der Waals surface area (Å²) in [5, 5.41) is 0.331. The molecular weight excluding hydrogens is 198 g/mol. The van der Waals surface area contributed by atoms with E-state index in [0.717, 1.165) is 0 Å². The van der Waals surface area contributed by atoms with Crippen molar-refractivity contribution in [3.05, 3.63) is 30.3 Å². The molecule has 1 aromatic rings. The topological polar surface area (TPSA) is 57.5 Å². The summed E-state index contributed by atoms with van der Waals surface area (Å²) in [6.45, 7) is 1.19. The SMILES string of the molecule is CC(=O)[PH](O)(O)c1ccccc1.[NaH]. The summed E-state index contributed by atoms with van der Waals surface area (Å²) in [5.74, 6) is 0. The predicted octanol–water partition coefficient (Wildman–Crippen LogP) is -0.226. The number of benzene rings is 1. The average Bonchev–Trinajstić information content (AvgIpc) is 2.06. The van der Waals surface area contributed by atoms with Crippen LogP contribution in [0, 0.1) is 0 Å². The van der Waals surface area contributed by atoms with E-state index in [2.05, 4.69) is 0 Å². The summed E-state index contributed by atoms with van der Waals surface area (Å²) in [6, 6.07) is 8.20. The van der Waals surface area contributed by atoms with Crippen LogP contribution in [0.15, 0.2) is 30.3 Å². The molecule has 2 N–H and O–H groups in total. The van der Waals surface area contributed by atoms with Crippen LogP contribution < -0.4 is 5.30 Å². The molecule has 13 heavy (non-hydrogen) atoms. The molecule has 0 amide bonds. The molecule has 0 bridgehead atoms. The van der Waals surface area contributed by atoms with Crippen LogP contribution in [0.25, 0.3) is 0 Å². The van der Waals surface area contributed by atoms with Gasteiger partial charge in [0, 0.05) is 0 Å². The third-order valence-corrected chi connectivity index (χ3v) is 3.79. The molecule has 0 unspecified atom stereocenters. The Hall–Kier alpha value is 0.240. The van der Waals surface area contributed by atoms with Crippen LogP contribution in [0.1, 0.15) is 6.92 Å². The van der Waals surface area contributed by atoms with E-state index in [1.807, 2.05) is 0 Å². The van der Waals surface area contributed by atoms with Gasteiger partial charge in [-0.15, -0.1) is 0 Å². The van der Waals surface area contributed by atoms with E-state index in [1.54, 1.807) is 30.3 Å².